The first-order chi connectivity index (χ1) is 10.5. The molecule has 2 amide bonds. The zero-order chi connectivity index (χ0) is 15.7. The van der Waals surface area contributed by atoms with E-state index < -0.39 is 29.6 Å². The van der Waals surface area contributed by atoms with E-state index in [0.717, 1.165) is 12.1 Å². The Morgan fingerprint density at radius 2 is 1.95 bits per heavy atom. The van der Waals surface area contributed by atoms with E-state index in [1.807, 2.05) is 0 Å². The van der Waals surface area contributed by atoms with Crippen molar-refractivity contribution in [3.05, 3.63) is 54.1 Å². The molecule has 1 atom stereocenters. The number of benzene rings is 2. The second-order valence-corrected chi connectivity index (χ2v) is 4.60. The van der Waals surface area contributed by atoms with Crippen LogP contribution in [0.2, 0.25) is 0 Å². The second kappa shape index (κ2) is 5.44. The third kappa shape index (κ3) is 2.60. The molecule has 112 valence electrons. The van der Waals surface area contributed by atoms with E-state index in [9.17, 15) is 18.4 Å². The summed E-state index contributed by atoms with van der Waals surface area (Å²) in [6.45, 7) is 0. The highest BCUT2D eigenvalue weighted by Gasteiger charge is 2.34. The van der Waals surface area contributed by atoms with Crippen LogP contribution in [0.4, 0.5) is 20.2 Å². The molecule has 1 aliphatic rings. The van der Waals surface area contributed by atoms with Gasteiger partial charge in [-0.2, -0.15) is 0 Å². The minimum Gasteiger partial charge on any atom is -0.468 e. The first kappa shape index (κ1) is 14.0. The van der Waals surface area contributed by atoms with Gasteiger partial charge in [0.05, 0.1) is 11.4 Å². The molecule has 1 heterocycles. The standard InChI is InChI=1S/C15H10F2N2O3/c16-8-5-6-10(9(17)7-8)18-14(20)13-15(21)19-11-3-1-2-4-12(11)22-13/h1-7,13H,(H,18,20)(H,19,21)/t13-/m0/s1. The SMILES string of the molecule is O=C(Nc1ccc(F)cc1F)[C@@H]1Oc2ccccc2NC1=O. The Balaban J connectivity index is 1.79. The van der Waals surface area contributed by atoms with Crippen LogP contribution >= 0.6 is 0 Å². The van der Waals surface area contributed by atoms with Gasteiger partial charge in [0.15, 0.2) is 0 Å². The van der Waals surface area contributed by atoms with Crippen LogP contribution in [-0.2, 0) is 9.59 Å². The smallest absolute Gasteiger partial charge is 0.275 e. The van der Waals surface area contributed by atoms with E-state index in [1.54, 1.807) is 24.3 Å². The zero-order valence-electron chi connectivity index (χ0n) is 11.1. The van der Waals surface area contributed by atoms with Crippen LogP contribution in [0, 0.1) is 11.6 Å². The van der Waals surface area contributed by atoms with Crippen LogP contribution in [0.25, 0.3) is 0 Å². The van der Waals surface area contributed by atoms with Gasteiger partial charge in [0.2, 0.25) is 0 Å². The van der Waals surface area contributed by atoms with Crippen molar-refractivity contribution in [1.29, 1.82) is 0 Å². The largest absolute Gasteiger partial charge is 0.468 e. The topological polar surface area (TPSA) is 67.4 Å². The number of rotatable bonds is 2. The lowest BCUT2D eigenvalue weighted by atomic mass is 10.2. The van der Waals surface area contributed by atoms with Crippen molar-refractivity contribution in [3.63, 3.8) is 0 Å². The minimum atomic E-state index is -1.46. The first-order valence-corrected chi connectivity index (χ1v) is 6.37. The summed E-state index contributed by atoms with van der Waals surface area (Å²) < 4.78 is 31.7. The Morgan fingerprint density at radius 1 is 1.18 bits per heavy atom. The predicted octanol–water partition coefficient (Wildman–Crippen LogP) is 2.30. The molecule has 0 aromatic heterocycles. The average Bonchev–Trinajstić information content (AvgIpc) is 2.49. The van der Waals surface area contributed by atoms with Gasteiger partial charge in [-0.3, -0.25) is 9.59 Å². The lowest BCUT2D eigenvalue weighted by Gasteiger charge is -2.24. The summed E-state index contributed by atoms with van der Waals surface area (Å²) in [6.07, 6.45) is -1.46. The van der Waals surface area contributed by atoms with Gasteiger partial charge >= 0.3 is 0 Å². The van der Waals surface area contributed by atoms with E-state index in [-0.39, 0.29) is 5.69 Å². The average molecular weight is 304 g/mol. The number of ether oxygens (including phenoxy) is 1. The number of para-hydroxylation sites is 2. The van der Waals surface area contributed by atoms with E-state index in [1.165, 1.54) is 0 Å². The Kier molecular flexibility index (Phi) is 3.46. The third-order valence-corrected chi connectivity index (χ3v) is 3.06. The van der Waals surface area contributed by atoms with Crippen molar-refractivity contribution < 1.29 is 23.1 Å². The van der Waals surface area contributed by atoms with Crippen molar-refractivity contribution in [2.45, 2.75) is 6.10 Å². The maximum atomic E-state index is 13.5. The normalized spacial score (nSPS) is 16.3. The van der Waals surface area contributed by atoms with Crippen molar-refractivity contribution >= 4 is 23.2 Å². The van der Waals surface area contributed by atoms with Crippen LogP contribution in [-0.4, -0.2) is 17.9 Å². The fourth-order valence-electron chi connectivity index (χ4n) is 2.01. The number of amides is 2. The number of carbonyl (C=O) groups excluding carboxylic acids is 2. The summed E-state index contributed by atoms with van der Waals surface area (Å²) in [7, 11) is 0. The van der Waals surface area contributed by atoms with Gasteiger partial charge in [-0.1, -0.05) is 12.1 Å². The molecule has 0 bridgehead atoms. The molecular formula is C15H10F2N2O3. The molecule has 0 fully saturated rings. The van der Waals surface area contributed by atoms with Gasteiger partial charge in [0.25, 0.3) is 17.9 Å². The van der Waals surface area contributed by atoms with Crippen LogP contribution in [0.5, 0.6) is 5.75 Å². The fourth-order valence-corrected chi connectivity index (χ4v) is 2.01. The highest BCUT2D eigenvalue weighted by atomic mass is 19.1. The van der Waals surface area contributed by atoms with Crippen molar-refractivity contribution in [2.75, 3.05) is 10.6 Å². The van der Waals surface area contributed by atoms with Gasteiger partial charge in [-0.15, -0.1) is 0 Å². The fraction of sp³-hybridized carbons (Fsp3) is 0.0667. The monoisotopic (exact) mass is 304 g/mol. The lowest BCUT2D eigenvalue weighted by molar-refractivity contribution is -0.133. The molecule has 1 aliphatic heterocycles. The molecule has 5 nitrogen and oxygen atoms in total. The zero-order valence-corrected chi connectivity index (χ0v) is 11.1. The predicted molar refractivity (Wildman–Crippen MR) is 74.5 cm³/mol. The van der Waals surface area contributed by atoms with E-state index in [4.69, 9.17) is 4.74 Å². The molecule has 0 saturated heterocycles. The summed E-state index contributed by atoms with van der Waals surface area (Å²) in [6, 6.07) is 9.30. The Morgan fingerprint density at radius 3 is 2.73 bits per heavy atom. The van der Waals surface area contributed by atoms with Crippen LogP contribution in [0.15, 0.2) is 42.5 Å². The van der Waals surface area contributed by atoms with Crippen LogP contribution < -0.4 is 15.4 Å². The maximum absolute atomic E-state index is 13.5. The quantitative estimate of drug-likeness (QED) is 0.837. The molecule has 2 aromatic carbocycles. The molecule has 22 heavy (non-hydrogen) atoms. The Hall–Kier alpha value is -2.96. The number of nitrogens with one attached hydrogen (secondary N) is 2. The van der Waals surface area contributed by atoms with Gasteiger partial charge in [0, 0.05) is 6.07 Å². The molecule has 0 radical (unpaired) electrons. The molecule has 2 N–H and O–H groups in total. The van der Waals surface area contributed by atoms with E-state index in [0.29, 0.717) is 17.5 Å². The van der Waals surface area contributed by atoms with E-state index >= 15 is 0 Å². The van der Waals surface area contributed by atoms with Crippen LogP contribution in [0.3, 0.4) is 0 Å². The second-order valence-electron chi connectivity index (χ2n) is 4.60. The van der Waals surface area contributed by atoms with Crippen molar-refractivity contribution in [1.82, 2.24) is 0 Å². The lowest BCUT2D eigenvalue weighted by Crippen LogP contribution is -2.45. The molecule has 0 spiro atoms. The first-order valence-electron chi connectivity index (χ1n) is 6.37. The molecule has 0 unspecified atom stereocenters. The highest BCUT2D eigenvalue weighted by molar-refractivity contribution is 6.15. The summed E-state index contributed by atoms with van der Waals surface area (Å²) in [5.41, 5.74) is 0.214. The summed E-state index contributed by atoms with van der Waals surface area (Å²) in [5, 5.41) is 4.72. The summed E-state index contributed by atoms with van der Waals surface area (Å²) >= 11 is 0. The van der Waals surface area contributed by atoms with E-state index in [2.05, 4.69) is 10.6 Å². The summed E-state index contributed by atoms with van der Waals surface area (Å²) in [5.74, 6) is -2.89. The number of halogens is 2. The number of hydrogen-bond acceptors (Lipinski definition) is 3. The van der Waals surface area contributed by atoms with Crippen molar-refractivity contribution in [2.24, 2.45) is 0 Å². The Labute approximate surface area is 123 Å². The molecule has 0 aliphatic carbocycles. The highest BCUT2D eigenvalue weighted by Crippen LogP contribution is 2.29. The number of hydrogen-bond donors (Lipinski definition) is 2. The molecule has 2 aromatic rings. The van der Waals surface area contributed by atoms with Gasteiger partial charge in [0.1, 0.15) is 17.4 Å². The van der Waals surface area contributed by atoms with Gasteiger partial charge < -0.3 is 15.4 Å². The molecular weight excluding hydrogens is 294 g/mol. The van der Waals surface area contributed by atoms with Gasteiger partial charge in [-0.25, -0.2) is 8.78 Å². The molecule has 0 saturated carbocycles. The van der Waals surface area contributed by atoms with Crippen molar-refractivity contribution in [3.8, 4) is 5.75 Å². The molecule has 3 rings (SSSR count). The van der Waals surface area contributed by atoms with Gasteiger partial charge in [-0.05, 0) is 24.3 Å². The number of carbonyl (C=O) groups is 2. The molecule has 7 heteroatoms. The minimum absolute atomic E-state index is 0.235. The number of fused-ring (bicyclic) bond motifs is 1. The summed E-state index contributed by atoms with van der Waals surface area (Å²) in [4.78, 5) is 23.9. The maximum Gasteiger partial charge on any atom is 0.275 e. The Bertz CT molecular complexity index is 764. The van der Waals surface area contributed by atoms with Crippen LogP contribution in [0.1, 0.15) is 0 Å². The third-order valence-electron chi connectivity index (χ3n) is 3.06. The number of anilines is 2.